The Kier molecular flexibility index (Phi) is 4.14. The fourth-order valence-corrected chi connectivity index (χ4v) is 0.950. The van der Waals surface area contributed by atoms with E-state index in [1.54, 1.807) is 6.07 Å². The van der Waals surface area contributed by atoms with Crippen molar-refractivity contribution in [2.24, 2.45) is 0 Å². The Labute approximate surface area is 93.7 Å². The second-order valence-electron chi connectivity index (χ2n) is 2.63. The van der Waals surface area contributed by atoms with Gasteiger partial charge in [0, 0.05) is 0 Å². The van der Waals surface area contributed by atoms with Crippen molar-refractivity contribution in [1.82, 2.24) is 0 Å². The summed E-state index contributed by atoms with van der Waals surface area (Å²) in [5.74, 6) is 0.0470. The molecule has 0 spiro atoms. The number of hydrogen-bond donors (Lipinski definition) is 0. The Morgan fingerprint density at radius 3 is 2.25 bits per heavy atom. The van der Waals surface area contributed by atoms with Crippen LogP contribution in [0.1, 0.15) is 0 Å². The Morgan fingerprint density at radius 1 is 1.25 bits per heavy atom. The van der Waals surface area contributed by atoms with Gasteiger partial charge in [-0.25, -0.2) is 4.74 Å². The Bertz CT molecular complexity index is 353. The van der Waals surface area contributed by atoms with Crippen LogP contribution in [-0.2, 0) is 9.53 Å². The molecule has 0 amide bonds. The molecule has 1 aromatic carbocycles. The van der Waals surface area contributed by atoms with E-state index in [0.29, 0.717) is 0 Å². The average molecular weight is 255 g/mol. The molecule has 3 nitrogen and oxygen atoms in total. The quantitative estimate of drug-likeness (QED) is 0.612. The van der Waals surface area contributed by atoms with Crippen molar-refractivity contribution < 1.29 is 27.4 Å². The molecule has 0 N–H and O–H groups in total. The van der Waals surface area contributed by atoms with Gasteiger partial charge in [0.15, 0.2) is 0 Å². The van der Waals surface area contributed by atoms with Crippen LogP contribution >= 0.6 is 11.6 Å². The van der Waals surface area contributed by atoms with Crippen molar-refractivity contribution in [2.75, 3.05) is 0 Å². The minimum absolute atomic E-state index is 0.0470. The zero-order chi connectivity index (χ0) is 12.2. The van der Waals surface area contributed by atoms with Crippen LogP contribution in [0, 0.1) is 0 Å². The third kappa shape index (κ3) is 4.50. The van der Waals surface area contributed by atoms with Gasteiger partial charge in [0.25, 0.3) is 11.5 Å². The molecule has 0 radical (unpaired) electrons. The van der Waals surface area contributed by atoms with E-state index in [2.05, 4.69) is 9.47 Å². The van der Waals surface area contributed by atoms with Crippen LogP contribution in [0.4, 0.5) is 13.2 Å². The molecule has 1 aromatic rings. The number of ether oxygens (including phenoxy) is 2. The van der Waals surface area contributed by atoms with Gasteiger partial charge in [-0.3, -0.25) is 4.79 Å². The molecule has 0 saturated carbocycles. The molecule has 0 fully saturated rings. The van der Waals surface area contributed by atoms with Crippen LogP contribution in [0.5, 0.6) is 5.75 Å². The lowest BCUT2D eigenvalue weighted by Gasteiger charge is -2.17. The topological polar surface area (TPSA) is 35.5 Å². The van der Waals surface area contributed by atoms with Gasteiger partial charge in [0.1, 0.15) is 5.75 Å². The average Bonchev–Trinajstić information content (AvgIpc) is 2.16. The summed E-state index contributed by atoms with van der Waals surface area (Å²) in [7, 11) is 0. The van der Waals surface area contributed by atoms with Crippen molar-refractivity contribution >= 4 is 16.8 Å². The van der Waals surface area contributed by atoms with E-state index in [1.807, 2.05) is 0 Å². The summed E-state index contributed by atoms with van der Waals surface area (Å²) in [5.41, 5.74) is 0. The van der Waals surface area contributed by atoms with Gasteiger partial charge in [0.05, 0.1) is 0 Å². The standard InChI is InChI=1S/C9H6ClF3O3/c10-7(14)8(16-9(11,12)13)15-6-4-2-1-3-5-6/h1-5,8H. The van der Waals surface area contributed by atoms with Gasteiger partial charge in [-0.1, -0.05) is 18.2 Å². The fourth-order valence-electron chi connectivity index (χ4n) is 0.861. The van der Waals surface area contributed by atoms with Gasteiger partial charge in [-0.15, -0.1) is 13.2 Å². The summed E-state index contributed by atoms with van der Waals surface area (Å²) in [4.78, 5) is 10.6. The number of benzene rings is 1. The maximum absolute atomic E-state index is 11.9. The van der Waals surface area contributed by atoms with E-state index in [-0.39, 0.29) is 5.75 Å². The van der Waals surface area contributed by atoms with E-state index in [0.717, 1.165) is 0 Å². The Balaban J connectivity index is 2.70. The number of hydrogen-bond acceptors (Lipinski definition) is 3. The van der Waals surface area contributed by atoms with Crippen molar-refractivity contribution in [2.45, 2.75) is 12.7 Å². The first-order valence-electron chi connectivity index (χ1n) is 4.04. The van der Waals surface area contributed by atoms with Gasteiger partial charge < -0.3 is 4.74 Å². The largest absolute Gasteiger partial charge is 0.525 e. The molecule has 1 rings (SSSR count). The van der Waals surface area contributed by atoms with Crippen LogP contribution in [0.2, 0.25) is 0 Å². The fraction of sp³-hybridized carbons (Fsp3) is 0.222. The summed E-state index contributed by atoms with van der Waals surface area (Å²) in [6, 6.07) is 7.42. The van der Waals surface area contributed by atoms with Gasteiger partial charge in [-0.05, 0) is 23.7 Å². The zero-order valence-electron chi connectivity index (χ0n) is 7.70. The third-order valence-electron chi connectivity index (χ3n) is 1.41. The van der Waals surface area contributed by atoms with Gasteiger partial charge >= 0.3 is 6.36 Å². The number of rotatable bonds is 4. The molecule has 0 saturated heterocycles. The molecule has 0 aliphatic carbocycles. The summed E-state index contributed by atoms with van der Waals surface area (Å²) < 4.78 is 43.6. The van der Waals surface area contributed by atoms with Crippen LogP contribution in [0.3, 0.4) is 0 Å². The number of alkyl halides is 3. The first-order valence-corrected chi connectivity index (χ1v) is 4.42. The minimum Gasteiger partial charge on any atom is -0.456 e. The Hall–Kier alpha value is -1.27. The summed E-state index contributed by atoms with van der Waals surface area (Å²) in [5, 5.41) is -1.39. The normalized spacial score (nSPS) is 13.2. The lowest BCUT2D eigenvalue weighted by Crippen LogP contribution is -2.33. The van der Waals surface area contributed by atoms with Crippen LogP contribution in [-0.4, -0.2) is 17.9 Å². The number of halogens is 4. The van der Waals surface area contributed by atoms with Crippen LogP contribution in [0.15, 0.2) is 30.3 Å². The molecule has 0 aliphatic rings. The maximum atomic E-state index is 11.9. The lowest BCUT2D eigenvalue weighted by molar-refractivity contribution is -0.358. The second-order valence-corrected chi connectivity index (χ2v) is 3.00. The summed E-state index contributed by atoms with van der Waals surface area (Å²) in [6.07, 6.45) is -7.20. The highest BCUT2D eigenvalue weighted by Gasteiger charge is 2.37. The summed E-state index contributed by atoms with van der Waals surface area (Å²) in [6.45, 7) is 0. The molecule has 7 heteroatoms. The predicted molar refractivity (Wildman–Crippen MR) is 48.9 cm³/mol. The number of para-hydroxylation sites is 1. The SMILES string of the molecule is O=C(Cl)C(Oc1ccccc1)OC(F)(F)F. The first-order chi connectivity index (χ1) is 7.38. The monoisotopic (exact) mass is 254 g/mol. The molecule has 0 bridgehead atoms. The molecule has 88 valence electrons. The third-order valence-corrected chi connectivity index (χ3v) is 1.59. The highest BCUT2D eigenvalue weighted by Crippen LogP contribution is 2.22. The predicted octanol–water partition coefficient (Wildman–Crippen LogP) is 2.69. The molecular weight excluding hydrogens is 249 g/mol. The highest BCUT2D eigenvalue weighted by molar-refractivity contribution is 6.64. The minimum atomic E-state index is -5.00. The van der Waals surface area contributed by atoms with Gasteiger partial charge in [-0.2, -0.15) is 0 Å². The van der Waals surface area contributed by atoms with Crippen molar-refractivity contribution in [1.29, 1.82) is 0 Å². The highest BCUT2D eigenvalue weighted by atomic mass is 35.5. The second kappa shape index (κ2) is 5.18. The number of carbonyl (C=O) groups is 1. The van der Waals surface area contributed by atoms with E-state index < -0.39 is 17.9 Å². The molecule has 0 aliphatic heterocycles. The van der Waals surface area contributed by atoms with Crippen LogP contribution < -0.4 is 4.74 Å². The van der Waals surface area contributed by atoms with Gasteiger partial charge in [0.2, 0.25) is 0 Å². The summed E-state index contributed by atoms with van der Waals surface area (Å²) >= 11 is 4.91. The Morgan fingerprint density at radius 2 is 1.81 bits per heavy atom. The lowest BCUT2D eigenvalue weighted by atomic mass is 10.3. The van der Waals surface area contributed by atoms with E-state index >= 15 is 0 Å². The number of carbonyl (C=O) groups excluding carboxylic acids is 1. The molecular formula is C9H6ClF3O3. The zero-order valence-corrected chi connectivity index (χ0v) is 8.46. The van der Waals surface area contributed by atoms with Crippen LogP contribution in [0.25, 0.3) is 0 Å². The van der Waals surface area contributed by atoms with Crippen molar-refractivity contribution in [3.63, 3.8) is 0 Å². The van der Waals surface area contributed by atoms with E-state index in [9.17, 15) is 18.0 Å². The molecule has 0 heterocycles. The molecule has 1 unspecified atom stereocenters. The van der Waals surface area contributed by atoms with E-state index in [4.69, 9.17) is 11.6 Å². The molecule has 0 aromatic heterocycles. The van der Waals surface area contributed by atoms with Crippen molar-refractivity contribution in [3.05, 3.63) is 30.3 Å². The maximum Gasteiger partial charge on any atom is 0.525 e. The smallest absolute Gasteiger partial charge is 0.456 e. The molecule has 16 heavy (non-hydrogen) atoms. The molecule has 1 atom stereocenters. The first kappa shape index (κ1) is 12.8. The van der Waals surface area contributed by atoms with E-state index in [1.165, 1.54) is 24.3 Å². The van der Waals surface area contributed by atoms with Crippen molar-refractivity contribution in [3.8, 4) is 5.75 Å².